The molecule has 3 aromatic rings. The fraction of sp³-hybridized carbons (Fsp3) is 0.557. The Bertz CT molecular complexity index is 2930. The number of hydrogen-bond donors (Lipinski definition) is 12. The lowest BCUT2D eigenvalue weighted by Gasteiger charge is -2.37. The minimum atomic E-state index is -1.84. The summed E-state index contributed by atoms with van der Waals surface area (Å²) in [5.41, 5.74) is 16.3. The van der Waals surface area contributed by atoms with E-state index >= 15 is 4.79 Å². The highest BCUT2D eigenvalue weighted by Crippen LogP contribution is 2.41. The molecule has 0 spiro atoms. The minimum absolute atomic E-state index is 0.0308. The van der Waals surface area contributed by atoms with Gasteiger partial charge in [-0.25, -0.2) is 4.79 Å². The van der Waals surface area contributed by atoms with Crippen molar-refractivity contribution in [3.63, 3.8) is 0 Å². The summed E-state index contributed by atoms with van der Waals surface area (Å²) < 4.78 is 0. The third kappa shape index (κ3) is 18.2. The minimum Gasteiger partial charge on any atom is -0.480 e. The van der Waals surface area contributed by atoms with E-state index in [0.717, 1.165) is 30.0 Å². The van der Waals surface area contributed by atoms with Gasteiger partial charge in [-0.1, -0.05) is 106 Å². The number of nitrogens with one attached hydrogen (secondary N) is 7. The summed E-state index contributed by atoms with van der Waals surface area (Å²) in [6.07, 6.45) is 5.32. The van der Waals surface area contributed by atoms with Crippen LogP contribution in [-0.4, -0.2) is 172 Å². The van der Waals surface area contributed by atoms with E-state index < -0.39 is 126 Å². The number of hydrogen-bond acceptors (Lipinski definition) is 13. The third-order valence-electron chi connectivity index (χ3n) is 16.6. The van der Waals surface area contributed by atoms with Crippen molar-refractivity contribution in [2.75, 3.05) is 32.8 Å². The first kappa shape index (κ1) is 66.9. The van der Waals surface area contributed by atoms with Crippen LogP contribution in [0, 0.1) is 11.8 Å². The summed E-state index contributed by atoms with van der Waals surface area (Å²) in [6.45, 7) is 5.13. The molecule has 25 nitrogen and oxygen atoms in total. The lowest BCUT2D eigenvalue weighted by atomic mass is 9.84. The molecule has 25 heteroatoms. The largest absolute Gasteiger partial charge is 0.480 e. The molecule has 0 aromatic heterocycles. The molecular formula is C61H87N13O12. The number of aliphatic hydroxyl groups is 1. The van der Waals surface area contributed by atoms with Gasteiger partial charge in [0, 0.05) is 38.9 Å². The number of nitrogens with zero attached hydrogens (tertiary/aromatic N) is 3. The van der Waals surface area contributed by atoms with Gasteiger partial charge in [0.05, 0.1) is 13.2 Å². The number of guanidine groups is 1. The van der Waals surface area contributed by atoms with Crippen LogP contribution in [0.25, 0.3) is 10.8 Å². The zero-order valence-corrected chi connectivity index (χ0v) is 49.7. The fourth-order valence-electron chi connectivity index (χ4n) is 11.9. The number of aliphatic hydroxyl groups excluding tert-OH is 1. The van der Waals surface area contributed by atoms with Crippen molar-refractivity contribution < 1.29 is 58.2 Å². The molecule has 2 saturated heterocycles. The molecule has 11 atom stereocenters. The highest BCUT2D eigenvalue weighted by Gasteiger charge is 2.52. The van der Waals surface area contributed by atoms with Crippen LogP contribution in [0.3, 0.4) is 0 Å². The van der Waals surface area contributed by atoms with E-state index in [1.54, 1.807) is 55.1 Å². The Morgan fingerprint density at radius 1 is 0.744 bits per heavy atom. The highest BCUT2D eigenvalue weighted by molar-refractivity contribution is 5.99. The number of carbonyl (C=O) groups is 10. The number of carbonyl (C=O) groups excluding carboxylic acids is 9. The highest BCUT2D eigenvalue weighted by atomic mass is 16.4. The van der Waals surface area contributed by atoms with Crippen LogP contribution >= 0.6 is 0 Å². The normalized spacial score (nSPS) is 20.0. The van der Waals surface area contributed by atoms with Crippen LogP contribution in [0.2, 0.25) is 0 Å². The van der Waals surface area contributed by atoms with Gasteiger partial charge in [-0.15, -0.1) is 0 Å². The summed E-state index contributed by atoms with van der Waals surface area (Å²) in [5.74, 6) is -8.06. The zero-order chi connectivity index (χ0) is 62.7. The van der Waals surface area contributed by atoms with Gasteiger partial charge in [0.2, 0.25) is 53.2 Å². The summed E-state index contributed by atoms with van der Waals surface area (Å²) in [6, 6.07) is 12.8. The number of benzene rings is 3. The van der Waals surface area contributed by atoms with E-state index in [9.17, 15) is 53.4 Å². The van der Waals surface area contributed by atoms with Crippen molar-refractivity contribution >= 4 is 75.9 Å². The van der Waals surface area contributed by atoms with Crippen LogP contribution in [0.15, 0.2) is 77.8 Å². The molecule has 6 rings (SSSR count). The van der Waals surface area contributed by atoms with Crippen molar-refractivity contribution in [1.82, 2.24) is 47.0 Å². The van der Waals surface area contributed by atoms with Gasteiger partial charge < -0.3 is 74.4 Å². The third-order valence-corrected chi connectivity index (χ3v) is 16.6. The van der Waals surface area contributed by atoms with Crippen molar-refractivity contribution in [1.29, 1.82) is 0 Å². The Hall–Kier alpha value is -8.19. The fourth-order valence-corrected chi connectivity index (χ4v) is 11.9. The van der Waals surface area contributed by atoms with Gasteiger partial charge in [0.15, 0.2) is 5.96 Å². The number of nitrogens with two attached hydrogens (primary N) is 3. The molecule has 0 radical (unpaired) electrons. The van der Waals surface area contributed by atoms with Crippen molar-refractivity contribution in [2.45, 2.75) is 171 Å². The van der Waals surface area contributed by atoms with Crippen LogP contribution in [0.4, 0.5) is 0 Å². The molecule has 9 amide bonds. The second kappa shape index (κ2) is 31.8. The van der Waals surface area contributed by atoms with Gasteiger partial charge in [0.1, 0.15) is 47.8 Å². The Balaban J connectivity index is 1.16. The van der Waals surface area contributed by atoms with E-state index in [1.807, 2.05) is 36.4 Å². The molecule has 3 aromatic carbocycles. The number of aliphatic carboxylic acids is 1. The van der Waals surface area contributed by atoms with Gasteiger partial charge in [-0.2, -0.15) is 0 Å². The maximum absolute atomic E-state index is 15.0. The van der Waals surface area contributed by atoms with E-state index in [-0.39, 0.29) is 76.1 Å². The molecule has 2 heterocycles. The molecule has 1 saturated carbocycles. The Kier molecular flexibility index (Phi) is 24.8. The van der Waals surface area contributed by atoms with E-state index in [2.05, 4.69) is 42.2 Å². The molecule has 3 aliphatic rings. The topological polar surface area (TPSA) is 392 Å². The van der Waals surface area contributed by atoms with Crippen molar-refractivity contribution in [3.8, 4) is 0 Å². The number of amides is 9. The molecule has 3 fully saturated rings. The second-order valence-electron chi connectivity index (χ2n) is 23.1. The summed E-state index contributed by atoms with van der Waals surface area (Å²) in [4.78, 5) is 146. The summed E-state index contributed by atoms with van der Waals surface area (Å²) >= 11 is 0. The van der Waals surface area contributed by atoms with Gasteiger partial charge in [-0.05, 0) is 105 Å². The van der Waals surface area contributed by atoms with Crippen LogP contribution in [0.5, 0.6) is 0 Å². The number of likely N-dealkylation sites (tertiary alicyclic amines) is 2. The number of carboxylic acid groups (broad SMARTS) is 1. The molecular weight excluding hydrogens is 1110 g/mol. The zero-order valence-electron chi connectivity index (χ0n) is 49.7. The summed E-state index contributed by atoms with van der Waals surface area (Å²) in [5, 5.41) is 41.0. The average molecular weight is 1190 g/mol. The number of aliphatic imine (C=N–C) groups is 1. The number of carboxylic acids is 1. The number of rotatable bonds is 30. The number of fused-ring (bicyclic) bond motifs is 2. The lowest BCUT2D eigenvalue weighted by Crippen LogP contribution is -2.64. The average Bonchev–Trinajstić information content (AvgIpc) is 1.77. The van der Waals surface area contributed by atoms with Crippen LogP contribution < -0.4 is 54.4 Å². The Morgan fingerprint density at radius 3 is 2.08 bits per heavy atom. The predicted octanol–water partition coefficient (Wildman–Crippen LogP) is 0.126. The Morgan fingerprint density at radius 2 is 1.41 bits per heavy atom. The molecule has 1 aliphatic carbocycles. The van der Waals surface area contributed by atoms with Crippen LogP contribution in [-0.2, 0) is 60.8 Å². The molecule has 15 N–H and O–H groups in total. The van der Waals surface area contributed by atoms with E-state index in [1.165, 1.54) is 18.7 Å². The second-order valence-corrected chi connectivity index (χ2v) is 23.1. The summed E-state index contributed by atoms with van der Waals surface area (Å²) in [7, 11) is 0. The monoisotopic (exact) mass is 1190 g/mol. The molecule has 86 heavy (non-hydrogen) atoms. The predicted molar refractivity (Wildman–Crippen MR) is 321 cm³/mol. The Labute approximate surface area is 501 Å². The maximum atomic E-state index is 15.0. The smallest absolute Gasteiger partial charge is 0.326 e. The standard InChI is InChI=1S/C61H87N13O12/c1-5-36(2)51(58(84)85)71-53(79)45(31-39-25-26-40-18-9-10-19-41(40)30-39)69-54(80)46(35-75)70-59(86)61(4,33-38-16-7-6-8-17-38)72-50(77)34-66-55(81)48-24-15-29-73(48)57(83)49-32-42-20-11-12-23-47(42)74(49)56(82)44(22-14-28-65-60(63)64)68-52(78)43(21-13-27-62)67-37(3)76/h6-10,16-19,25-26,30,36,42-49,51,75H,5,11-15,20-24,27-29,31-35,62H2,1-4H3,(H,66,81)(H,67,76)(H,68,78)(H,69,80)(H,70,86)(H,71,79)(H,72,77)(H,84,85)(H4,63,64,65)/t36-,42-,43-,44-,45+,46-,47-,48-,49-,51-,61-/m0/s1. The SMILES string of the molecule is CC[C@H](C)[C@H](NC(=O)[C@@H](Cc1ccc2ccccc2c1)NC(=O)[C@H](CO)NC(=O)[C@](C)(Cc1ccccc1)NC(=O)CNC(=O)[C@@H]1CCCN1C(=O)[C@@H]1C[C@@H]2CCCC[C@@H]2N1C(=O)[C@H](CCCN=C(N)N)NC(=O)[C@H](CCCN)NC(C)=O)C(=O)O. The molecule has 0 bridgehead atoms. The molecule has 2 aliphatic heterocycles. The van der Waals surface area contributed by atoms with E-state index in [0.29, 0.717) is 43.2 Å². The van der Waals surface area contributed by atoms with Gasteiger partial charge in [-0.3, -0.25) is 48.1 Å². The van der Waals surface area contributed by atoms with Crippen molar-refractivity contribution in [3.05, 3.63) is 83.9 Å². The van der Waals surface area contributed by atoms with Crippen molar-refractivity contribution in [2.24, 2.45) is 34.0 Å². The van der Waals surface area contributed by atoms with Gasteiger partial charge >= 0.3 is 5.97 Å². The van der Waals surface area contributed by atoms with E-state index in [4.69, 9.17) is 17.2 Å². The first-order valence-corrected chi connectivity index (χ1v) is 29.9. The van der Waals surface area contributed by atoms with Crippen LogP contribution in [0.1, 0.15) is 116 Å². The molecule has 468 valence electrons. The van der Waals surface area contributed by atoms with Gasteiger partial charge in [0.25, 0.3) is 0 Å². The first-order valence-electron chi connectivity index (χ1n) is 29.9. The quantitative estimate of drug-likeness (QED) is 0.0240. The maximum Gasteiger partial charge on any atom is 0.326 e. The lowest BCUT2D eigenvalue weighted by molar-refractivity contribution is -0.150. The first-order chi connectivity index (χ1) is 41.1. The molecule has 0 unspecified atom stereocenters.